The van der Waals surface area contributed by atoms with Crippen LogP contribution in [0.25, 0.3) is 0 Å². The van der Waals surface area contributed by atoms with E-state index in [9.17, 15) is 4.79 Å². The number of hydrogen-bond acceptors (Lipinski definition) is 3. The van der Waals surface area contributed by atoms with Crippen LogP contribution in [-0.4, -0.2) is 18.6 Å². The van der Waals surface area contributed by atoms with E-state index in [1.165, 1.54) is 0 Å². The number of carbonyl (C=O) groups is 1. The Kier molecular flexibility index (Phi) is 4.77. The maximum Gasteiger partial charge on any atom is 0.323 e. The highest BCUT2D eigenvalue weighted by atomic mass is 35.5. The van der Waals surface area contributed by atoms with Gasteiger partial charge in [0.1, 0.15) is 6.04 Å². The van der Waals surface area contributed by atoms with Gasteiger partial charge in [-0.1, -0.05) is 23.7 Å². The molecule has 3 nitrogen and oxygen atoms in total. The zero-order valence-electron chi connectivity index (χ0n) is 9.50. The molecular weight excluding hydrogens is 226 g/mol. The molecule has 0 aliphatic heterocycles. The van der Waals surface area contributed by atoms with Crippen molar-refractivity contribution in [1.29, 1.82) is 0 Å². The SMILES string of the molecule is CCOC(=O)C(N)Cc1ccc(Cl)c(C)c1. The molecule has 1 atom stereocenters. The molecule has 0 radical (unpaired) electrons. The van der Waals surface area contributed by atoms with Crippen LogP contribution in [-0.2, 0) is 16.0 Å². The molecule has 1 aromatic carbocycles. The van der Waals surface area contributed by atoms with Crippen molar-refractivity contribution in [3.05, 3.63) is 34.3 Å². The predicted molar refractivity (Wildman–Crippen MR) is 64.5 cm³/mol. The lowest BCUT2D eigenvalue weighted by atomic mass is 10.0. The molecule has 1 aromatic rings. The van der Waals surface area contributed by atoms with E-state index in [0.29, 0.717) is 18.1 Å². The van der Waals surface area contributed by atoms with E-state index >= 15 is 0 Å². The molecule has 0 aliphatic rings. The van der Waals surface area contributed by atoms with Crippen molar-refractivity contribution in [2.75, 3.05) is 6.61 Å². The Morgan fingerprint density at radius 2 is 2.25 bits per heavy atom. The van der Waals surface area contributed by atoms with Crippen LogP contribution in [0.4, 0.5) is 0 Å². The molecule has 0 saturated carbocycles. The van der Waals surface area contributed by atoms with E-state index < -0.39 is 6.04 Å². The average Bonchev–Trinajstić information content (AvgIpc) is 2.24. The number of aryl methyl sites for hydroxylation is 1. The molecule has 88 valence electrons. The molecule has 0 fully saturated rings. The van der Waals surface area contributed by atoms with Gasteiger partial charge in [-0.3, -0.25) is 4.79 Å². The number of halogens is 1. The van der Waals surface area contributed by atoms with Gasteiger partial charge in [0.05, 0.1) is 6.61 Å². The highest BCUT2D eigenvalue weighted by molar-refractivity contribution is 6.31. The third kappa shape index (κ3) is 3.51. The molecule has 1 unspecified atom stereocenters. The largest absolute Gasteiger partial charge is 0.465 e. The summed E-state index contributed by atoms with van der Waals surface area (Å²) < 4.78 is 4.84. The van der Waals surface area contributed by atoms with Crippen molar-refractivity contribution in [3.8, 4) is 0 Å². The first kappa shape index (κ1) is 13.0. The van der Waals surface area contributed by atoms with E-state index in [1.54, 1.807) is 6.92 Å². The van der Waals surface area contributed by atoms with E-state index in [1.807, 2.05) is 25.1 Å². The highest BCUT2D eigenvalue weighted by Gasteiger charge is 2.15. The zero-order chi connectivity index (χ0) is 12.1. The zero-order valence-corrected chi connectivity index (χ0v) is 10.3. The number of carbonyl (C=O) groups excluding carboxylic acids is 1. The minimum atomic E-state index is -0.611. The van der Waals surface area contributed by atoms with Gasteiger partial charge < -0.3 is 10.5 Å². The van der Waals surface area contributed by atoms with Gasteiger partial charge in [0.15, 0.2) is 0 Å². The molecule has 0 amide bonds. The summed E-state index contributed by atoms with van der Waals surface area (Å²) in [5.41, 5.74) is 7.69. The van der Waals surface area contributed by atoms with Gasteiger partial charge in [0.2, 0.25) is 0 Å². The monoisotopic (exact) mass is 241 g/mol. The van der Waals surface area contributed by atoms with Crippen LogP contribution >= 0.6 is 11.6 Å². The first-order valence-corrected chi connectivity index (χ1v) is 5.59. The lowest BCUT2D eigenvalue weighted by Crippen LogP contribution is -2.34. The van der Waals surface area contributed by atoms with Crippen molar-refractivity contribution in [1.82, 2.24) is 0 Å². The summed E-state index contributed by atoms with van der Waals surface area (Å²) in [7, 11) is 0. The van der Waals surface area contributed by atoms with Crippen molar-refractivity contribution in [3.63, 3.8) is 0 Å². The van der Waals surface area contributed by atoms with Crippen LogP contribution in [0.15, 0.2) is 18.2 Å². The second-order valence-corrected chi connectivity index (χ2v) is 4.05. The predicted octanol–water partition coefficient (Wildman–Crippen LogP) is 2.08. The van der Waals surface area contributed by atoms with Crippen molar-refractivity contribution in [2.45, 2.75) is 26.3 Å². The van der Waals surface area contributed by atoms with Gasteiger partial charge in [-0.25, -0.2) is 0 Å². The van der Waals surface area contributed by atoms with E-state index in [0.717, 1.165) is 11.1 Å². The van der Waals surface area contributed by atoms with Crippen LogP contribution in [0.2, 0.25) is 5.02 Å². The Balaban J connectivity index is 2.66. The van der Waals surface area contributed by atoms with E-state index in [-0.39, 0.29) is 5.97 Å². The summed E-state index contributed by atoms with van der Waals surface area (Å²) in [4.78, 5) is 11.3. The lowest BCUT2D eigenvalue weighted by molar-refractivity contribution is -0.144. The summed E-state index contributed by atoms with van der Waals surface area (Å²) in [6.07, 6.45) is 0.469. The van der Waals surface area contributed by atoms with Crippen molar-refractivity contribution in [2.24, 2.45) is 5.73 Å². The Morgan fingerprint density at radius 1 is 1.56 bits per heavy atom. The molecule has 0 saturated heterocycles. The molecule has 0 heterocycles. The van der Waals surface area contributed by atoms with Crippen molar-refractivity contribution < 1.29 is 9.53 Å². The molecule has 0 aliphatic carbocycles. The van der Waals surface area contributed by atoms with E-state index in [2.05, 4.69) is 0 Å². The lowest BCUT2D eigenvalue weighted by Gasteiger charge is -2.11. The number of benzene rings is 1. The molecule has 4 heteroatoms. The van der Waals surface area contributed by atoms with Gasteiger partial charge >= 0.3 is 5.97 Å². The highest BCUT2D eigenvalue weighted by Crippen LogP contribution is 2.17. The molecule has 0 bridgehead atoms. The summed E-state index contributed by atoms with van der Waals surface area (Å²) >= 11 is 5.91. The Morgan fingerprint density at radius 3 is 2.81 bits per heavy atom. The van der Waals surface area contributed by atoms with Gasteiger partial charge in [-0.05, 0) is 37.5 Å². The van der Waals surface area contributed by atoms with Gasteiger partial charge in [-0.15, -0.1) is 0 Å². The summed E-state index contributed by atoms with van der Waals surface area (Å²) in [6, 6.07) is 5.00. The third-order valence-electron chi connectivity index (χ3n) is 2.27. The minimum Gasteiger partial charge on any atom is -0.465 e. The fourth-order valence-corrected chi connectivity index (χ4v) is 1.54. The molecule has 0 spiro atoms. The average molecular weight is 242 g/mol. The Bertz CT molecular complexity index is 379. The standard InChI is InChI=1S/C12H16ClNO2/c1-3-16-12(15)11(14)7-9-4-5-10(13)8(2)6-9/h4-6,11H,3,7,14H2,1-2H3. The third-order valence-corrected chi connectivity index (χ3v) is 2.69. The first-order valence-electron chi connectivity index (χ1n) is 5.21. The maximum atomic E-state index is 11.3. The molecular formula is C12H16ClNO2. The fraction of sp³-hybridized carbons (Fsp3) is 0.417. The molecule has 16 heavy (non-hydrogen) atoms. The Hall–Kier alpha value is -1.06. The second kappa shape index (κ2) is 5.87. The number of nitrogens with two attached hydrogens (primary N) is 1. The second-order valence-electron chi connectivity index (χ2n) is 3.65. The van der Waals surface area contributed by atoms with Gasteiger partial charge in [0, 0.05) is 5.02 Å². The number of esters is 1. The smallest absolute Gasteiger partial charge is 0.323 e. The Labute approximate surface area is 101 Å². The number of rotatable bonds is 4. The first-order chi connectivity index (χ1) is 7.54. The summed E-state index contributed by atoms with van der Waals surface area (Å²) in [6.45, 7) is 4.03. The summed E-state index contributed by atoms with van der Waals surface area (Å²) in [5.74, 6) is -0.366. The van der Waals surface area contributed by atoms with E-state index in [4.69, 9.17) is 22.1 Å². The molecule has 0 aromatic heterocycles. The fourth-order valence-electron chi connectivity index (χ4n) is 1.42. The van der Waals surface area contributed by atoms with Gasteiger partial charge in [0.25, 0.3) is 0 Å². The molecule has 1 rings (SSSR count). The summed E-state index contributed by atoms with van der Waals surface area (Å²) in [5, 5.41) is 0.716. The normalized spacial score (nSPS) is 12.2. The van der Waals surface area contributed by atoms with Gasteiger partial charge in [-0.2, -0.15) is 0 Å². The quantitative estimate of drug-likeness (QED) is 0.822. The van der Waals surface area contributed by atoms with Crippen molar-refractivity contribution >= 4 is 17.6 Å². The minimum absolute atomic E-state index is 0.353. The van der Waals surface area contributed by atoms with Crippen LogP contribution in [0, 0.1) is 6.92 Å². The topological polar surface area (TPSA) is 52.3 Å². The van der Waals surface area contributed by atoms with Crippen LogP contribution < -0.4 is 5.73 Å². The molecule has 2 N–H and O–H groups in total. The number of ether oxygens (including phenoxy) is 1. The maximum absolute atomic E-state index is 11.3. The van der Waals surface area contributed by atoms with Crippen LogP contribution in [0.1, 0.15) is 18.1 Å². The van der Waals surface area contributed by atoms with Crippen LogP contribution in [0.3, 0.4) is 0 Å². The number of hydrogen-bond donors (Lipinski definition) is 1. The van der Waals surface area contributed by atoms with Crippen LogP contribution in [0.5, 0.6) is 0 Å².